The van der Waals surface area contributed by atoms with Gasteiger partial charge in [0.1, 0.15) is 5.76 Å². The Morgan fingerprint density at radius 2 is 2.29 bits per heavy atom. The summed E-state index contributed by atoms with van der Waals surface area (Å²) in [5.41, 5.74) is 0.375. The number of amides is 1. The lowest BCUT2D eigenvalue weighted by Crippen LogP contribution is -2.44. The van der Waals surface area contributed by atoms with Crippen molar-refractivity contribution in [2.45, 2.75) is 32.7 Å². The number of rotatable bonds is 3. The average Bonchev–Trinajstić information content (AvgIpc) is 2.77. The molecule has 1 aromatic rings. The summed E-state index contributed by atoms with van der Waals surface area (Å²) in [6, 6.07) is 1.93. The summed E-state index contributed by atoms with van der Waals surface area (Å²) in [5, 5.41) is 6.72. The van der Waals surface area contributed by atoms with Gasteiger partial charge in [-0.1, -0.05) is 12.1 Å². The molecule has 94 valence electrons. The summed E-state index contributed by atoms with van der Waals surface area (Å²) in [6.45, 7) is 7.14. The Balaban J connectivity index is 1.84. The molecule has 0 unspecified atom stereocenters. The number of hydrogen-bond acceptors (Lipinski definition) is 4. The van der Waals surface area contributed by atoms with Crippen LogP contribution in [0.15, 0.2) is 10.6 Å². The van der Waals surface area contributed by atoms with Crippen LogP contribution in [0.1, 0.15) is 36.0 Å². The largest absolute Gasteiger partial charge is 0.361 e. The highest BCUT2D eigenvalue weighted by atomic mass is 16.5. The Morgan fingerprint density at radius 1 is 1.59 bits per heavy atom. The van der Waals surface area contributed by atoms with Crippen molar-refractivity contribution in [3.8, 4) is 0 Å². The molecule has 1 amide bonds. The maximum absolute atomic E-state index is 11.8. The molecule has 0 bridgehead atoms. The molecule has 1 N–H and O–H groups in total. The molecule has 2 rings (SSSR count). The van der Waals surface area contributed by atoms with Crippen LogP contribution in [0.2, 0.25) is 0 Å². The summed E-state index contributed by atoms with van der Waals surface area (Å²) >= 11 is 0. The minimum Gasteiger partial charge on any atom is -0.361 e. The number of nitrogens with one attached hydrogen (secondary N) is 1. The van der Waals surface area contributed by atoms with Gasteiger partial charge in [0.25, 0.3) is 5.91 Å². The number of piperidine rings is 1. The van der Waals surface area contributed by atoms with Crippen molar-refractivity contribution in [2.24, 2.45) is 0 Å². The molecule has 1 fully saturated rings. The average molecular weight is 237 g/mol. The van der Waals surface area contributed by atoms with E-state index in [-0.39, 0.29) is 11.9 Å². The summed E-state index contributed by atoms with van der Waals surface area (Å²) < 4.78 is 4.89. The minimum atomic E-state index is -0.128. The van der Waals surface area contributed by atoms with Gasteiger partial charge >= 0.3 is 0 Å². The van der Waals surface area contributed by atoms with Crippen LogP contribution >= 0.6 is 0 Å². The van der Waals surface area contributed by atoms with E-state index in [4.69, 9.17) is 4.52 Å². The second-order valence-electron chi connectivity index (χ2n) is 4.50. The number of nitrogens with zero attached hydrogens (tertiary/aromatic N) is 2. The molecule has 0 aliphatic carbocycles. The van der Waals surface area contributed by atoms with E-state index in [1.807, 2.05) is 0 Å². The van der Waals surface area contributed by atoms with Gasteiger partial charge in [0.05, 0.1) is 0 Å². The highest BCUT2D eigenvalue weighted by Crippen LogP contribution is 2.10. The van der Waals surface area contributed by atoms with E-state index in [2.05, 4.69) is 22.3 Å². The molecule has 0 radical (unpaired) electrons. The van der Waals surface area contributed by atoms with Crippen LogP contribution in [0.3, 0.4) is 0 Å². The molecule has 0 atom stereocenters. The van der Waals surface area contributed by atoms with Crippen LogP contribution in [0.25, 0.3) is 0 Å². The number of aromatic nitrogens is 1. The van der Waals surface area contributed by atoms with E-state index in [1.54, 1.807) is 13.0 Å². The first-order valence-corrected chi connectivity index (χ1v) is 6.15. The normalized spacial score (nSPS) is 18.2. The lowest BCUT2D eigenvalue weighted by molar-refractivity contribution is 0.0903. The number of carbonyl (C=O) groups excluding carboxylic acids is 1. The van der Waals surface area contributed by atoms with Gasteiger partial charge in [-0.05, 0) is 26.3 Å². The van der Waals surface area contributed by atoms with Gasteiger partial charge in [0, 0.05) is 25.2 Å². The van der Waals surface area contributed by atoms with Crippen molar-refractivity contribution < 1.29 is 9.32 Å². The molecule has 1 aliphatic heterocycles. The Morgan fingerprint density at radius 3 is 2.82 bits per heavy atom. The van der Waals surface area contributed by atoms with Crippen LogP contribution in [0.4, 0.5) is 0 Å². The smallest absolute Gasteiger partial charge is 0.273 e. The molecule has 0 spiro atoms. The summed E-state index contributed by atoms with van der Waals surface area (Å²) in [5.74, 6) is 0.535. The van der Waals surface area contributed by atoms with Gasteiger partial charge in [-0.15, -0.1) is 0 Å². The zero-order valence-electron chi connectivity index (χ0n) is 10.4. The molecule has 17 heavy (non-hydrogen) atoms. The molecular weight excluding hydrogens is 218 g/mol. The lowest BCUT2D eigenvalue weighted by Gasteiger charge is -2.31. The molecular formula is C12H19N3O2. The molecule has 5 nitrogen and oxygen atoms in total. The fourth-order valence-electron chi connectivity index (χ4n) is 2.13. The molecule has 1 aromatic heterocycles. The van der Waals surface area contributed by atoms with Crippen LogP contribution in [-0.4, -0.2) is 41.6 Å². The second-order valence-corrected chi connectivity index (χ2v) is 4.50. The topological polar surface area (TPSA) is 58.4 Å². The second kappa shape index (κ2) is 5.31. The maximum atomic E-state index is 11.8. The van der Waals surface area contributed by atoms with E-state index < -0.39 is 0 Å². The van der Waals surface area contributed by atoms with Crippen molar-refractivity contribution in [1.82, 2.24) is 15.4 Å². The lowest BCUT2D eigenvalue weighted by atomic mass is 10.1. The highest BCUT2D eigenvalue weighted by molar-refractivity contribution is 5.92. The fourth-order valence-corrected chi connectivity index (χ4v) is 2.13. The number of likely N-dealkylation sites (tertiary alicyclic amines) is 1. The van der Waals surface area contributed by atoms with Gasteiger partial charge < -0.3 is 14.7 Å². The van der Waals surface area contributed by atoms with Crippen LogP contribution in [0, 0.1) is 6.92 Å². The fraction of sp³-hybridized carbons (Fsp3) is 0.667. The quantitative estimate of drug-likeness (QED) is 0.858. The predicted octanol–water partition coefficient (Wildman–Crippen LogP) is 1.20. The Labute approximate surface area is 101 Å². The Kier molecular flexibility index (Phi) is 3.78. The molecule has 0 saturated carbocycles. The molecule has 2 heterocycles. The number of carbonyl (C=O) groups is 1. The predicted molar refractivity (Wildman–Crippen MR) is 63.8 cm³/mol. The van der Waals surface area contributed by atoms with Crippen LogP contribution < -0.4 is 5.32 Å². The monoisotopic (exact) mass is 237 g/mol. The van der Waals surface area contributed by atoms with Crippen molar-refractivity contribution >= 4 is 5.91 Å². The van der Waals surface area contributed by atoms with Crippen molar-refractivity contribution in [1.29, 1.82) is 0 Å². The maximum Gasteiger partial charge on any atom is 0.273 e. The van der Waals surface area contributed by atoms with Gasteiger partial charge in [0.15, 0.2) is 5.69 Å². The van der Waals surface area contributed by atoms with Gasteiger partial charge in [0.2, 0.25) is 0 Å². The summed E-state index contributed by atoms with van der Waals surface area (Å²) in [6.07, 6.45) is 2.02. The molecule has 0 aromatic carbocycles. The van der Waals surface area contributed by atoms with Gasteiger partial charge in [-0.25, -0.2) is 0 Å². The third-order valence-corrected chi connectivity index (χ3v) is 3.23. The van der Waals surface area contributed by atoms with Crippen LogP contribution in [-0.2, 0) is 0 Å². The van der Waals surface area contributed by atoms with E-state index in [1.165, 1.54) is 0 Å². The minimum absolute atomic E-state index is 0.128. The van der Waals surface area contributed by atoms with E-state index in [0.29, 0.717) is 11.5 Å². The molecule has 1 saturated heterocycles. The van der Waals surface area contributed by atoms with E-state index >= 15 is 0 Å². The molecule has 1 aliphatic rings. The van der Waals surface area contributed by atoms with Gasteiger partial charge in [-0.2, -0.15) is 0 Å². The number of hydrogen-bond donors (Lipinski definition) is 1. The van der Waals surface area contributed by atoms with Crippen molar-refractivity contribution in [2.75, 3.05) is 19.6 Å². The third kappa shape index (κ3) is 3.06. The summed E-state index contributed by atoms with van der Waals surface area (Å²) in [7, 11) is 0. The van der Waals surface area contributed by atoms with Crippen molar-refractivity contribution in [3.63, 3.8) is 0 Å². The third-order valence-electron chi connectivity index (χ3n) is 3.23. The van der Waals surface area contributed by atoms with Gasteiger partial charge in [-0.3, -0.25) is 4.79 Å². The number of aryl methyl sites for hydroxylation is 1. The Bertz CT molecular complexity index is 381. The van der Waals surface area contributed by atoms with E-state index in [9.17, 15) is 4.79 Å². The first kappa shape index (κ1) is 12.1. The zero-order valence-corrected chi connectivity index (χ0v) is 10.4. The molecule has 5 heteroatoms. The van der Waals surface area contributed by atoms with Crippen LogP contribution in [0.5, 0.6) is 0 Å². The SMILES string of the molecule is CCN1CCC(NC(=O)c2cc(C)on2)CC1. The first-order chi connectivity index (χ1) is 8.19. The first-order valence-electron chi connectivity index (χ1n) is 6.15. The Hall–Kier alpha value is -1.36. The highest BCUT2D eigenvalue weighted by Gasteiger charge is 2.21. The van der Waals surface area contributed by atoms with Crippen molar-refractivity contribution in [3.05, 3.63) is 17.5 Å². The standard InChI is InChI=1S/C12H19N3O2/c1-3-15-6-4-10(5-7-15)13-12(16)11-8-9(2)17-14-11/h8,10H,3-7H2,1-2H3,(H,13,16). The summed E-state index contributed by atoms with van der Waals surface area (Å²) in [4.78, 5) is 14.2. The van der Waals surface area contributed by atoms with E-state index in [0.717, 1.165) is 32.5 Å². The zero-order chi connectivity index (χ0) is 12.3.